The van der Waals surface area contributed by atoms with Gasteiger partial charge in [-0.05, 0) is 46.5 Å². The number of amides is 1. The zero-order chi connectivity index (χ0) is 12.3. The van der Waals surface area contributed by atoms with Crippen molar-refractivity contribution < 1.29 is 14.6 Å². The third-order valence-corrected chi connectivity index (χ3v) is 2.87. The van der Waals surface area contributed by atoms with E-state index in [1.54, 1.807) is 4.90 Å². The van der Waals surface area contributed by atoms with Gasteiger partial charge in [-0.25, -0.2) is 4.79 Å². The predicted octanol–water partition coefficient (Wildman–Crippen LogP) is 2.01. The van der Waals surface area contributed by atoms with Gasteiger partial charge in [0.25, 0.3) is 0 Å². The van der Waals surface area contributed by atoms with Crippen LogP contribution in [0.2, 0.25) is 0 Å². The molecule has 0 aliphatic carbocycles. The Morgan fingerprint density at radius 3 is 2.25 bits per heavy atom. The van der Waals surface area contributed by atoms with Crippen LogP contribution in [0.5, 0.6) is 0 Å². The van der Waals surface area contributed by atoms with E-state index in [9.17, 15) is 9.90 Å². The number of hydrogen-bond donors (Lipinski definition) is 1. The highest BCUT2D eigenvalue weighted by Gasteiger charge is 2.28. The van der Waals surface area contributed by atoms with E-state index in [4.69, 9.17) is 4.74 Å². The molecule has 0 aromatic carbocycles. The highest BCUT2D eigenvalue weighted by molar-refractivity contribution is 5.68. The lowest BCUT2D eigenvalue weighted by Gasteiger charge is -2.34. The van der Waals surface area contributed by atoms with Crippen LogP contribution in [0.3, 0.4) is 0 Å². The number of carbonyl (C=O) groups is 1. The summed E-state index contributed by atoms with van der Waals surface area (Å²) in [5.74, 6) is 0.318. The summed E-state index contributed by atoms with van der Waals surface area (Å²) >= 11 is 0. The van der Waals surface area contributed by atoms with E-state index in [-0.39, 0.29) is 12.2 Å². The van der Waals surface area contributed by atoms with Gasteiger partial charge in [0.1, 0.15) is 5.60 Å². The Morgan fingerprint density at radius 1 is 1.38 bits per heavy atom. The summed E-state index contributed by atoms with van der Waals surface area (Å²) < 4.78 is 5.30. The zero-order valence-electron chi connectivity index (χ0n) is 10.7. The number of piperidine rings is 1. The van der Waals surface area contributed by atoms with Crippen molar-refractivity contribution in [2.75, 3.05) is 13.1 Å². The molecule has 4 nitrogen and oxygen atoms in total. The van der Waals surface area contributed by atoms with E-state index >= 15 is 0 Å². The smallest absolute Gasteiger partial charge is 0.410 e. The van der Waals surface area contributed by atoms with Crippen molar-refractivity contribution in [2.24, 2.45) is 5.92 Å². The average Bonchev–Trinajstić information content (AvgIpc) is 2.15. The van der Waals surface area contributed by atoms with Crippen molar-refractivity contribution >= 4 is 6.09 Å². The van der Waals surface area contributed by atoms with Gasteiger partial charge >= 0.3 is 6.09 Å². The molecule has 16 heavy (non-hydrogen) atoms. The van der Waals surface area contributed by atoms with Crippen LogP contribution < -0.4 is 0 Å². The summed E-state index contributed by atoms with van der Waals surface area (Å²) in [4.78, 5) is 13.5. The standard InChI is InChI=1S/C12H23NO3/c1-9(14)10-5-7-13(8-6-10)11(15)16-12(2,3)4/h9-10,14H,5-8H2,1-4H3/t9-/m0/s1. The summed E-state index contributed by atoms with van der Waals surface area (Å²) in [7, 11) is 0. The lowest BCUT2D eigenvalue weighted by Crippen LogP contribution is -2.43. The topological polar surface area (TPSA) is 49.8 Å². The fraction of sp³-hybridized carbons (Fsp3) is 0.917. The SMILES string of the molecule is C[C@H](O)C1CCN(C(=O)OC(C)(C)C)CC1. The van der Waals surface area contributed by atoms with E-state index in [1.807, 2.05) is 27.7 Å². The first-order chi connectivity index (χ1) is 7.29. The quantitative estimate of drug-likeness (QED) is 0.748. The molecule has 1 saturated heterocycles. The molecule has 0 aromatic rings. The molecular weight excluding hydrogens is 206 g/mol. The van der Waals surface area contributed by atoms with Gasteiger partial charge in [-0.2, -0.15) is 0 Å². The van der Waals surface area contributed by atoms with Crippen LogP contribution in [0.1, 0.15) is 40.5 Å². The number of hydrogen-bond acceptors (Lipinski definition) is 3. The maximum absolute atomic E-state index is 11.7. The Kier molecular flexibility index (Phi) is 4.19. The normalized spacial score (nSPS) is 20.7. The molecule has 4 heteroatoms. The number of nitrogens with zero attached hydrogens (tertiary/aromatic N) is 1. The number of carbonyl (C=O) groups excluding carboxylic acids is 1. The van der Waals surface area contributed by atoms with Crippen LogP contribution in [0, 0.1) is 5.92 Å². The van der Waals surface area contributed by atoms with E-state index in [0.29, 0.717) is 19.0 Å². The molecule has 0 aromatic heterocycles. The van der Waals surface area contributed by atoms with Gasteiger partial charge in [-0.15, -0.1) is 0 Å². The van der Waals surface area contributed by atoms with Gasteiger partial charge in [0.05, 0.1) is 6.10 Å². The predicted molar refractivity (Wildman–Crippen MR) is 62.2 cm³/mol. The van der Waals surface area contributed by atoms with Crippen molar-refractivity contribution in [1.82, 2.24) is 4.90 Å². The fourth-order valence-electron chi connectivity index (χ4n) is 1.89. The van der Waals surface area contributed by atoms with Crippen LogP contribution in [0.15, 0.2) is 0 Å². The maximum atomic E-state index is 11.7. The van der Waals surface area contributed by atoms with Crippen molar-refractivity contribution in [1.29, 1.82) is 0 Å². The van der Waals surface area contributed by atoms with E-state index in [2.05, 4.69) is 0 Å². The van der Waals surface area contributed by atoms with Gasteiger partial charge in [0.2, 0.25) is 0 Å². The molecule has 1 fully saturated rings. The molecule has 0 radical (unpaired) electrons. The van der Waals surface area contributed by atoms with Crippen molar-refractivity contribution in [3.63, 3.8) is 0 Å². The van der Waals surface area contributed by atoms with Crippen LogP contribution in [0.4, 0.5) is 4.79 Å². The first-order valence-corrected chi connectivity index (χ1v) is 5.95. The first kappa shape index (κ1) is 13.3. The van der Waals surface area contributed by atoms with Crippen molar-refractivity contribution in [3.05, 3.63) is 0 Å². The van der Waals surface area contributed by atoms with Crippen molar-refractivity contribution in [2.45, 2.75) is 52.2 Å². The van der Waals surface area contributed by atoms with Crippen LogP contribution >= 0.6 is 0 Å². The van der Waals surface area contributed by atoms with Gasteiger partial charge in [0, 0.05) is 13.1 Å². The minimum Gasteiger partial charge on any atom is -0.444 e. The van der Waals surface area contributed by atoms with Gasteiger partial charge in [-0.3, -0.25) is 0 Å². The van der Waals surface area contributed by atoms with E-state index in [0.717, 1.165) is 12.8 Å². The molecule has 0 saturated carbocycles. The number of aliphatic hydroxyl groups is 1. The second kappa shape index (κ2) is 5.04. The number of aliphatic hydroxyl groups excluding tert-OH is 1. The summed E-state index contributed by atoms with van der Waals surface area (Å²) in [5, 5.41) is 9.45. The molecule has 1 rings (SSSR count). The third kappa shape index (κ3) is 4.00. The Balaban J connectivity index is 2.39. The molecule has 94 valence electrons. The third-order valence-electron chi connectivity index (χ3n) is 2.87. The number of ether oxygens (including phenoxy) is 1. The monoisotopic (exact) mass is 229 g/mol. The minimum atomic E-state index is -0.432. The lowest BCUT2D eigenvalue weighted by atomic mass is 9.92. The van der Waals surface area contributed by atoms with Crippen molar-refractivity contribution in [3.8, 4) is 0 Å². The molecule has 1 aliphatic rings. The Labute approximate surface area is 97.6 Å². The van der Waals surface area contributed by atoms with Crippen LogP contribution in [0.25, 0.3) is 0 Å². The van der Waals surface area contributed by atoms with Gasteiger partial charge < -0.3 is 14.7 Å². The molecular formula is C12H23NO3. The average molecular weight is 229 g/mol. The van der Waals surface area contributed by atoms with E-state index in [1.165, 1.54) is 0 Å². The second-order valence-electron chi connectivity index (χ2n) is 5.55. The van der Waals surface area contributed by atoms with Gasteiger partial charge in [0.15, 0.2) is 0 Å². The highest BCUT2D eigenvalue weighted by atomic mass is 16.6. The first-order valence-electron chi connectivity index (χ1n) is 5.95. The molecule has 1 amide bonds. The lowest BCUT2D eigenvalue weighted by molar-refractivity contribution is 0.00996. The summed E-state index contributed by atoms with van der Waals surface area (Å²) in [6.45, 7) is 8.79. The van der Waals surface area contributed by atoms with Gasteiger partial charge in [-0.1, -0.05) is 0 Å². The highest BCUT2D eigenvalue weighted by Crippen LogP contribution is 2.22. The largest absolute Gasteiger partial charge is 0.444 e. The maximum Gasteiger partial charge on any atom is 0.410 e. The molecule has 0 bridgehead atoms. The fourth-order valence-corrected chi connectivity index (χ4v) is 1.89. The molecule has 0 spiro atoms. The molecule has 1 atom stereocenters. The number of rotatable bonds is 1. The Hall–Kier alpha value is -0.770. The van der Waals surface area contributed by atoms with Crippen LogP contribution in [-0.2, 0) is 4.74 Å². The zero-order valence-corrected chi connectivity index (χ0v) is 10.7. The Bertz CT molecular complexity index is 237. The molecule has 1 N–H and O–H groups in total. The van der Waals surface area contributed by atoms with E-state index < -0.39 is 5.60 Å². The summed E-state index contributed by atoms with van der Waals surface area (Å²) in [6, 6.07) is 0. The summed E-state index contributed by atoms with van der Waals surface area (Å²) in [6.07, 6.45) is 1.20. The number of likely N-dealkylation sites (tertiary alicyclic amines) is 1. The molecule has 1 aliphatic heterocycles. The Morgan fingerprint density at radius 2 is 1.88 bits per heavy atom. The minimum absolute atomic E-state index is 0.239. The second-order valence-corrected chi connectivity index (χ2v) is 5.55. The molecule has 1 heterocycles. The molecule has 0 unspecified atom stereocenters. The summed E-state index contributed by atoms with van der Waals surface area (Å²) in [5.41, 5.74) is -0.432. The van der Waals surface area contributed by atoms with Crippen LogP contribution in [-0.4, -0.2) is 40.9 Å².